The summed E-state index contributed by atoms with van der Waals surface area (Å²) in [7, 11) is 0. The third-order valence-corrected chi connectivity index (χ3v) is 3.90. The SMILES string of the molecule is Cc1cc(C(=O)O)cc2sc(I)cc12. The molecule has 14 heavy (non-hydrogen) atoms. The van der Waals surface area contributed by atoms with Gasteiger partial charge in [-0.25, -0.2) is 4.79 Å². The molecule has 1 heterocycles. The number of rotatable bonds is 1. The first-order valence-electron chi connectivity index (χ1n) is 4.01. The quantitative estimate of drug-likeness (QED) is 0.817. The van der Waals surface area contributed by atoms with Crippen molar-refractivity contribution < 1.29 is 9.90 Å². The Morgan fingerprint density at radius 1 is 1.43 bits per heavy atom. The molecule has 4 heteroatoms. The molecule has 0 amide bonds. The molecule has 0 saturated carbocycles. The molecular formula is C10H7IO2S. The van der Waals surface area contributed by atoms with Crippen LogP contribution >= 0.6 is 33.9 Å². The monoisotopic (exact) mass is 318 g/mol. The number of aryl methyl sites for hydroxylation is 1. The lowest BCUT2D eigenvalue weighted by atomic mass is 10.1. The number of aromatic carboxylic acids is 1. The van der Waals surface area contributed by atoms with E-state index in [9.17, 15) is 4.79 Å². The first-order chi connectivity index (χ1) is 6.58. The summed E-state index contributed by atoms with van der Waals surface area (Å²) in [6.45, 7) is 1.94. The second-order valence-electron chi connectivity index (χ2n) is 3.06. The van der Waals surface area contributed by atoms with E-state index in [-0.39, 0.29) is 0 Å². The molecule has 72 valence electrons. The van der Waals surface area contributed by atoms with Crippen LogP contribution in [0.2, 0.25) is 0 Å². The Hall–Kier alpha value is -0.620. The highest BCUT2D eigenvalue weighted by atomic mass is 127. The largest absolute Gasteiger partial charge is 0.478 e. The van der Waals surface area contributed by atoms with Crippen LogP contribution < -0.4 is 0 Å². The van der Waals surface area contributed by atoms with Crippen molar-refractivity contribution >= 4 is 50.0 Å². The van der Waals surface area contributed by atoms with Gasteiger partial charge in [0.25, 0.3) is 0 Å². The second-order valence-corrected chi connectivity index (χ2v) is 6.04. The van der Waals surface area contributed by atoms with E-state index in [0.29, 0.717) is 5.56 Å². The van der Waals surface area contributed by atoms with Crippen molar-refractivity contribution in [2.75, 3.05) is 0 Å². The summed E-state index contributed by atoms with van der Waals surface area (Å²) in [5, 5.41) is 10.0. The van der Waals surface area contributed by atoms with E-state index >= 15 is 0 Å². The summed E-state index contributed by atoms with van der Waals surface area (Å²) >= 11 is 3.87. The van der Waals surface area contributed by atoms with Crippen LogP contribution in [-0.4, -0.2) is 11.1 Å². The maximum Gasteiger partial charge on any atom is 0.335 e. The van der Waals surface area contributed by atoms with Gasteiger partial charge in [-0.15, -0.1) is 11.3 Å². The molecule has 1 aromatic heterocycles. The van der Waals surface area contributed by atoms with E-state index in [1.165, 1.54) is 2.88 Å². The number of hydrogen-bond donors (Lipinski definition) is 1. The third-order valence-electron chi connectivity index (χ3n) is 2.06. The zero-order valence-electron chi connectivity index (χ0n) is 7.37. The van der Waals surface area contributed by atoms with Gasteiger partial charge in [0.2, 0.25) is 0 Å². The highest BCUT2D eigenvalue weighted by molar-refractivity contribution is 14.1. The lowest BCUT2D eigenvalue weighted by Gasteiger charge is -1.98. The van der Waals surface area contributed by atoms with Crippen LogP contribution in [0.4, 0.5) is 0 Å². The van der Waals surface area contributed by atoms with E-state index in [4.69, 9.17) is 5.11 Å². The standard InChI is InChI=1S/C10H7IO2S/c1-5-2-6(10(12)13)3-8-7(5)4-9(11)14-8/h2-4H,1H3,(H,12,13). The van der Waals surface area contributed by atoms with Crippen LogP contribution in [0.25, 0.3) is 10.1 Å². The molecule has 0 atom stereocenters. The Kier molecular flexibility index (Phi) is 2.48. The van der Waals surface area contributed by atoms with E-state index in [1.54, 1.807) is 23.5 Å². The summed E-state index contributed by atoms with van der Waals surface area (Å²) in [5.74, 6) is -0.863. The van der Waals surface area contributed by atoms with Crippen LogP contribution in [-0.2, 0) is 0 Å². The molecule has 0 aliphatic carbocycles. The van der Waals surface area contributed by atoms with Gasteiger partial charge < -0.3 is 5.11 Å². The van der Waals surface area contributed by atoms with Crippen LogP contribution in [0.1, 0.15) is 15.9 Å². The summed E-state index contributed by atoms with van der Waals surface area (Å²) in [6, 6.07) is 5.53. The van der Waals surface area contributed by atoms with Gasteiger partial charge >= 0.3 is 5.97 Å². The number of thiophene rings is 1. The smallest absolute Gasteiger partial charge is 0.335 e. The number of halogens is 1. The predicted molar refractivity (Wildman–Crippen MR) is 66.2 cm³/mol. The Labute approximate surface area is 98.7 Å². The molecule has 0 aliphatic heterocycles. The summed E-state index contributed by atoms with van der Waals surface area (Å²) < 4.78 is 2.23. The average molecular weight is 318 g/mol. The molecule has 2 nitrogen and oxygen atoms in total. The summed E-state index contributed by atoms with van der Waals surface area (Å²) in [4.78, 5) is 10.8. The van der Waals surface area contributed by atoms with Gasteiger partial charge in [0.05, 0.1) is 8.45 Å². The highest BCUT2D eigenvalue weighted by Gasteiger charge is 2.08. The zero-order valence-corrected chi connectivity index (χ0v) is 10.3. The summed E-state index contributed by atoms with van der Waals surface area (Å²) in [6.07, 6.45) is 0. The number of carboxylic acid groups (broad SMARTS) is 1. The fraction of sp³-hybridized carbons (Fsp3) is 0.100. The summed E-state index contributed by atoms with van der Waals surface area (Å²) in [5.41, 5.74) is 1.40. The van der Waals surface area contributed by atoms with Crippen molar-refractivity contribution in [3.05, 3.63) is 32.2 Å². The van der Waals surface area contributed by atoms with Gasteiger partial charge in [-0.2, -0.15) is 0 Å². The van der Waals surface area contributed by atoms with Crippen molar-refractivity contribution in [2.24, 2.45) is 0 Å². The minimum absolute atomic E-state index is 0.369. The first kappa shape index (κ1) is 9.92. The topological polar surface area (TPSA) is 37.3 Å². The molecule has 0 unspecified atom stereocenters. The second kappa shape index (κ2) is 3.51. The predicted octanol–water partition coefficient (Wildman–Crippen LogP) is 3.51. The van der Waals surface area contributed by atoms with Crippen LogP contribution in [0.3, 0.4) is 0 Å². The third kappa shape index (κ3) is 1.64. The molecule has 1 aromatic carbocycles. The van der Waals surface area contributed by atoms with Crippen molar-refractivity contribution in [1.29, 1.82) is 0 Å². The Balaban J connectivity index is 2.77. The maximum absolute atomic E-state index is 10.8. The van der Waals surface area contributed by atoms with Crippen LogP contribution in [0.15, 0.2) is 18.2 Å². The molecule has 2 aromatic rings. The molecule has 0 aliphatic rings. The Morgan fingerprint density at radius 2 is 2.14 bits per heavy atom. The van der Waals surface area contributed by atoms with Crippen molar-refractivity contribution in [1.82, 2.24) is 0 Å². The fourth-order valence-electron chi connectivity index (χ4n) is 1.41. The molecule has 0 spiro atoms. The number of benzene rings is 1. The molecule has 1 N–H and O–H groups in total. The average Bonchev–Trinajstić information content (AvgIpc) is 2.45. The first-order valence-corrected chi connectivity index (χ1v) is 5.90. The fourth-order valence-corrected chi connectivity index (χ4v) is 3.33. The minimum atomic E-state index is -0.863. The lowest BCUT2D eigenvalue weighted by molar-refractivity contribution is 0.0697. The highest BCUT2D eigenvalue weighted by Crippen LogP contribution is 2.30. The van der Waals surface area contributed by atoms with Gasteiger partial charge in [0, 0.05) is 4.70 Å². The van der Waals surface area contributed by atoms with E-state index in [0.717, 1.165) is 15.6 Å². The van der Waals surface area contributed by atoms with Crippen LogP contribution in [0.5, 0.6) is 0 Å². The number of hydrogen-bond acceptors (Lipinski definition) is 2. The normalized spacial score (nSPS) is 10.7. The van der Waals surface area contributed by atoms with E-state index in [2.05, 4.69) is 28.7 Å². The van der Waals surface area contributed by atoms with Gasteiger partial charge in [0.1, 0.15) is 0 Å². The van der Waals surface area contributed by atoms with Crippen molar-refractivity contribution in [2.45, 2.75) is 6.92 Å². The Bertz CT molecular complexity index is 516. The minimum Gasteiger partial charge on any atom is -0.478 e. The van der Waals surface area contributed by atoms with Crippen LogP contribution in [0, 0.1) is 9.81 Å². The lowest BCUT2D eigenvalue weighted by Crippen LogP contribution is -1.95. The molecular weight excluding hydrogens is 311 g/mol. The number of fused-ring (bicyclic) bond motifs is 1. The molecule has 0 saturated heterocycles. The number of carboxylic acids is 1. The molecule has 0 radical (unpaired) electrons. The van der Waals surface area contributed by atoms with E-state index in [1.807, 2.05) is 6.92 Å². The maximum atomic E-state index is 10.8. The van der Waals surface area contributed by atoms with Gasteiger partial charge in [-0.3, -0.25) is 0 Å². The van der Waals surface area contributed by atoms with Gasteiger partial charge in [0.15, 0.2) is 0 Å². The van der Waals surface area contributed by atoms with Gasteiger partial charge in [-0.05, 0) is 58.7 Å². The Morgan fingerprint density at radius 3 is 2.79 bits per heavy atom. The van der Waals surface area contributed by atoms with Gasteiger partial charge in [-0.1, -0.05) is 0 Å². The van der Waals surface area contributed by atoms with Crippen molar-refractivity contribution in [3.8, 4) is 0 Å². The molecule has 2 rings (SSSR count). The number of carbonyl (C=O) groups is 1. The van der Waals surface area contributed by atoms with Crippen molar-refractivity contribution in [3.63, 3.8) is 0 Å². The zero-order chi connectivity index (χ0) is 10.3. The molecule has 0 bridgehead atoms. The van der Waals surface area contributed by atoms with E-state index < -0.39 is 5.97 Å². The molecule has 0 fully saturated rings.